The van der Waals surface area contributed by atoms with E-state index in [2.05, 4.69) is 5.32 Å². The number of rotatable bonds is 4. The molecule has 0 unspecified atom stereocenters. The lowest BCUT2D eigenvalue weighted by Gasteiger charge is -2.14. The molecule has 2 aromatic rings. The van der Waals surface area contributed by atoms with Crippen molar-refractivity contribution < 1.29 is 22.0 Å². The summed E-state index contributed by atoms with van der Waals surface area (Å²) in [5, 5.41) is 2.25. The smallest absolute Gasteiger partial charge is 0.255 e. The van der Waals surface area contributed by atoms with Gasteiger partial charge in [-0.3, -0.25) is 4.79 Å². The molecule has 24 heavy (non-hydrogen) atoms. The van der Waals surface area contributed by atoms with Crippen LogP contribution in [0, 0.1) is 11.6 Å². The minimum Gasteiger partial charge on any atom is -0.322 e. The van der Waals surface area contributed by atoms with Gasteiger partial charge in [-0.1, -0.05) is 11.6 Å². The second kappa shape index (κ2) is 6.84. The van der Waals surface area contributed by atoms with E-state index in [4.69, 9.17) is 11.6 Å². The van der Waals surface area contributed by atoms with Crippen molar-refractivity contribution in [3.8, 4) is 0 Å². The summed E-state index contributed by atoms with van der Waals surface area (Å²) >= 11 is 5.89. The van der Waals surface area contributed by atoms with Gasteiger partial charge in [-0.2, -0.15) is 0 Å². The second-order valence-electron chi connectivity index (χ2n) is 5.04. The Morgan fingerprint density at radius 3 is 2.21 bits per heavy atom. The highest BCUT2D eigenvalue weighted by molar-refractivity contribution is 7.89. The Morgan fingerprint density at radius 2 is 1.67 bits per heavy atom. The van der Waals surface area contributed by atoms with Crippen molar-refractivity contribution in [3.05, 3.63) is 58.6 Å². The van der Waals surface area contributed by atoms with E-state index in [1.54, 1.807) is 0 Å². The maximum absolute atomic E-state index is 13.1. The Balaban J connectivity index is 2.37. The fourth-order valence-electron chi connectivity index (χ4n) is 1.87. The van der Waals surface area contributed by atoms with Crippen LogP contribution in [-0.4, -0.2) is 32.7 Å². The van der Waals surface area contributed by atoms with E-state index in [1.165, 1.54) is 26.2 Å². The number of hydrogen-bond donors (Lipinski definition) is 1. The lowest BCUT2D eigenvalue weighted by Crippen LogP contribution is -2.23. The van der Waals surface area contributed by atoms with Crippen molar-refractivity contribution >= 4 is 33.2 Å². The minimum atomic E-state index is -3.85. The summed E-state index contributed by atoms with van der Waals surface area (Å²) in [6, 6.07) is 6.21. The molecule has 0 fully saturated rings. The summed E-state index contributed by atoms with van der Waals surface area (Å²) in [5.41, 5.74) is -0.117. The zero-order chi connectivity index (χ0) is 18.1. The molecular formula is C15H13ClF2N2O3S. The molecule has 0 bridgehead atoms. The van der Waals surface area contributed by atoms with Gasteiger partial charge in [-0.15, -0.1) is 0 Å². The van der Waals surface area contributed by atoms with Crippen molar-refractivity contribution in [1.82, 2.24) is 4.31 Å². The highest BCUT2D eigenvalue weighted by Crippen LogP contribution is 2.25. The molecular weight excluding hydrogens is 362 g/mol. The van der Waals surface area contributed by atoms with Gasteiger partial charge in [0, 0.05) is 31.4 Å². The van der Waals surface area contributed by atoms with Gasteiger partial charge in [0.05, 0.1) is 5.02 Å². The van der Waals surface area contributed by atoms with Crippen LogP contribution >= 0.6 is 11.6 Å². The summed E-state index contributed by atoms with van der Waals surface area (Å²) in [6.45, 7) is 0. The molecule has 1 N–H and O–H groups in total. The van der Waals surface area contributed by atoms with Crippen LogP contribution in [-0.2, 0) is 10.0 Å². The predicted octanol–water partition coefficient (Wildman–Crippen LogP) is 3.12. The van der Waals surface area contributed by atoms with E-state index in [9.17, 15) is 22.0 Å². The lowest BCUT2D eigenvalue weighted by molar-refractivity contribution is 0.102. The van der Waals surface area contributed by atoms with Crippen LogP contribution in [0.1, 0.15) is 10.4 Å². The van der Waals surface area contributed by atoms with Gasteiger partial charge in [0.25, 0.3) is 5.91 Å². The monoisotopic (exact) mass is 374 g/mol. The lowest BCUT2D eigenvalue weighted by atomic mass is 10.2. The molecule has 2 rings (SSSR count). The Kier molecular flexibility index (Phi) is 5.22. The first-order valence-corrected chi connectivity index (χ1v) is 8.42. The van der Waals surface area contributed by atoms with E-state index < -0.39 is 27.6 Å². The third-order valence-corrected chi connectivity index (χ3v) is 5.37. The van der Waals surface area contributed by atoms with Crippen molar-refractivity contribution in [2.24, 2.45) is 0 Å². The molecule has 0 aromatic heterocycles. The Hall–Kier alpha value is -2.03. The van der Waals surface area contributed by atoms with E-state index in [0.29, 0.717) is 6.07 Å². The molecule has 2 aromatic carbocycles. The van der Waals surface area contributed by atoms with Gasteiger partial charge in [0.2, 0.25) is 10.0 Å². The molecule has 0 aliphatic carbocycles. The van der Waals surface area contributed by atoms with Crippen molar-refractivity contribution in [2.45, 2.75) is 4.90 Å². The van der Waals surface area contributed by atoms with Crippen molar-refractivity contribution in [2.75, 3.05) is 19.4 Å². The number of carbonyl (C=O) groups is 1. The quantitative estimate of drug-likeness (QED) is 0.894. The molecule has 0 saturated carbocycles. The molecule has 0 aliphatic rings. The van der Waals surface area contributed by atoms with Crippen LogP contribution < -0.4 is 5.32 Å². The number of hydrogen-bond acceptors (Lipinski definition) is 3. The molecule has 0 aliphatic heterocycles. The minimum absolute atomic E-state index is 0.0236. The molecule has 5 nitrogen and oxygen atoms in total. The molecule has 128 valence electrons. The summed E-state index contributed by atoms with van der Waals surface area (Å²) in [6.07, 6.45) is 0. The fraction of sp³-hybridized carbons (Fsp3) is 0.133. The van der Waals surface area contributed by atoms with Crippen molar-refractivity contribution in [1.29, 1.82) is 0 Å². The standard InChI is InChI=1S/C15H13ClF2N2O3S/c1-20(2)24(22,23)14-5-9(3-4-13(14)16)15(21)19-12-7-10(17)6-11(18)8-12/h3-8H,1-2H3,(H,19,21). The first kappa shape index (κ1) is 18.3. The summed E-state index contributed by atoms with van der Waals surface area (Å²) in [7, 11) is -1.19. The second-order valence-corrected chi connectivity index (χ2v) is 7.57. The first-order valence-electron chi connectivity index (χ1n) is 6.61. The highest BCUT2D eigenvalue weighted by Gasteiger charge is 2.22. The Morgan fingerprint density at radius 1 is 1.08 bits per heavy atom. The maximum Gasteiger partial charge on any atom is 0.255 e. The molecule has 0 heterocycles. The van der Waals surface area contributed by atoms with Gasteiger partial charge >= 0.3 is 0 Å². The van der Waals surface area contributed by atoms with Gasteiger partial charge in [-0.25, -0.2) is 21.5 Å². The number of nitrogens with zero attached hydrogens (tertiary/aromatic N) is 1. The largest absolute Gasteiger partial charge is 0.322 e. The molecule has 9 heteroatoms. The van der Waals surface area contributed by atoms with Crippen LogP contribution in [0.4, 0.5) is 14.5 Å². The number of benzene rings is 2. The zero-order valence-electron chi connectivity index (χ0n) is 12.7. The maximum atomic E-state index is 13.1. The van der Waals surface area contributed by atoms with Gasteiger partial charge in [-0.05, 0) is 30.3 Å². The zero-order valence-corrected chi connectivity index (χ0v) is 14.3. The first-order chi connectivity index (χ1) is 11.1. The predicted molar refractivity (Wildman–Crippen MR) is 86.6 cm³/mol. The molecule has 0 spiro atoms. The van der Waals surface area contributed by atoms with E-state index >= 15 is 0 Å². The van der Waals surface area contributed by atoms with Crippen LogP contribution in [0.3, 0.4) is 0 Å². The van der Waals surface area contributed by atoms with Crippen LogP contribution in [0.15, 0.2) is 41.3 Å². The van der Waals surface area contributed by atoms with Gasteiger partial charge < -0.3 is 5.32 Å². The normalized spacial score (nSPS) is 11.6. The van der Waals surface area contributed by atoms with Crippen LogP contribution in [0.2, 0.25) is 5.02 Å². The Bertz CT molecular complexity index is 881. The van der Waals surface area contributed by atoms with Crippen molar-refractivity contribution in [3.63, 3.8) is 0 Å². The third-order valence-electron chi connectivity index (χ3n) is 3.07. The van der Waals surface area contributed by atoms with E-state index in [-0.39, 0.29) is 21.2 Å². The summed E-state index contributed by atoms with van der Waals surface area (Å²) in [4.78, 5) is 11.9. The van der Waals surface area contributed by atoms with E-state index in [0.717, 1.165) is 22.5 Å². The number of amides is 1. The molecule has 0 radical (unpaired) electrons. The number of sulfonamides is 1. The van der Waals surface area contributed by atoms with Gasteiger partial charge in [0.1, 0.15) is 16.5 Å². The topological polar surface area (TPSA) is 66.5 Å². The van der Waals surface area contributed by atoms with Gasteiger partial charge in [0.15, 0.2) is 0 Å². The fourth-order valence-corrected chi connectivity index (χ4v) is 3.26. The van der Waals surface area contributed by atoms with E-state index in [1.807, 2.05) is 0 Å². The Labute approximate surface area is 142 Å². The summed E-state index contributed by atoms with van der Waals surface area (Å²) < 4.78 is 51.6. The van der Waals surface area contributed by atoms with Crippen LogP contribution in [0.5, 0.6) is 0 Å². The van der Waals surface area contributed by atoms with Crippen LogP contribution in [0.25, 0.3) is 0 Å². The average Bonchev–Trinajstić information content (AvgIpc) is 2.46. The number of anilines is 1. The summed E-state index contributed by atoms with van der Waals surface area (Å²) in [5.74, 6) is -2.43. The number of halogens is 3. The molecule has 0 atom stereocenters. The SMILES string of the molecule is CN(C)S(=O)(=O)c1cc(C(=O)Nc2cc(F)cc(F)c2)ccc1Cl. The highest BCUT2D eigenvalue weighted by atomic mass is 35.5. The molecule has 0 saturated heterocycles. The molecule has 1 amide bonds. The average molecular weight is 375 g/mol. The number of nitrogens with one attached hydrogen (secondary N) is 1. The third kappa shape index (κ3) is 3.89. The number of carbonyl (C=O) groups excluding carboxylic acids is 1.